The Bertz CT molecular complexity index is 863. The van der Waals surface area contributed by atoms with Gasteiger partial charge in [0.1, 0.15) is 11.5 Å². The van der Waals surface area contributed by atoms with Crippen molar-refractivity contribution >= 4 is 46.2 Å². The van der Waals surface area contributed by atoms with Gasteiger partial charge in [-0.25, -0.2) is 4.99 Å². The van der Waals surface area contributed by atoms with E-state index >= 15 is 0 Å². The van der Waals surface area contributed by atoms with Crippen molar-refractivity contribution in [3.05, 3.63) is 58.0 Å². The molecular formula is C18H15ClN2O3S. The van der Waals surface area contributed by atoms with Gasteiger partial charge in [-0.05, 0) is 60.3 Å². The molecule has 7 heteroatoms. The molecule has 1 heterocycles. The number of methoxy groups -OCH3 is 2. The summed E-state index contributed by atoms with van der Waals surface area (Å²) in [6.07, 6.45) is 1.76. The summed E-state index contributed by atoms with van der Waals surface area (Å²) in [5.41, 5.74) is 1.47. The summed E-state index contributed by atoms with van der Waals surface area (Å²) < 4.78 is 10.6. The van der Waals surface area contributed by atoms with E-state index in [0.717, 1.165) is 5.56 Å². The number of aliphatic imine (C=N–C) groups is 1. The lowest BCUT2D eigenvalue weighted by Crippen LogP contribution is -2.19. The molecule has 0 bridgehead atoms. The second kappa shape index (κ2) is 7.63. The van der Waals surface area contributed by atoms with Crippen LogP contribution in [0.1, 0.15) is 5.56 Å². The average Bonchev–Trinajstić information content (AvgIpc) is 2.96. The molecule has 128 valence electrons. The van der Waals surface area contributed by atoms with Crippen LogP contribution in [0.3, 0.4) is 0 Å². The standard InChI is InChI=1S/C18H15ClN2O3S/c1-23-14-7-8-15(24-2)11(9-14)10-16-17(22)21-18(25-16)20-13-5-3-12(19)4-6-13/h3-10H,1-2H3,(H,20,21,22)/b16-10+. The van der Waals surface area contributed by atoms with Crippen molar-refractivity contribution in [1.29, 1.82) is 0 Å². The zero-order chi connectivity index (χ0) is 17.8. The Labute approximate surface area is 154 Å². The number of thioether (sulfide) groups is 1. The van der Waals surface area contributed by atoms with Crippen LogP contribution >= 0.6 is 23.4 Å². The Morgan fingerprint density at radius 1 is 1.12 bits per heavy atom. The maximum absolute atomic E-state index is 12.2. The summed E-state index contributed by atoms with van der Waals surface area (Å²) in [7, 11) is 3.17. The molecule has 1 saturated heterocycles. The van der Waals surface area contributed by atoms with Crippen molar-refractivity contribution in [2.45, 2.75) is 0 Å². The lowest BCUT2D eigenvalue weighted by atomic mass is 10.1. The minimum Gasteiger partial charge on any atom is -0.497 e. The molecule has 2 aromatic carbocycles. The van der Waals surface area contributed by atoms with Crippen molar-refractivity contribution < 1.29 is 14.3 Å². The third-order valence-electron chi connectivity index (χ3n) is 3.43. The van der Waals surface area contributed by atoms with Crippen molar-refractivity contribution in [1.82, 2.24) is 5.32 Å². The van der Waals surface area contributed by atoms with E-state index in [-0.39, 0.29) is 5.91 Å². The van der Waals surface area contributed by atoms with E-state index < -0.39 is 0 Å². The molecule has 0 atom stereocenters. The highest BCUT2D eigenvalue weighted by molar-refractivity contribution is 8.18. The van der Waals surface area contributed by atoms with Gasteiger partial charge in [0, 0.05) is 10.6 Å². The maximum atomic E-state index is 12.2. The molecule has 2 aromatic rings. The van der Waals surface area contributed by atoms with Crippen LogP contribution in [0.4, 0.5) is 5.69 Å². The topological polar surface area (TPSA) is 59.9 Å². The SMILES string of the molecule is COc1ccc(OC)c(/C=C2/SC(=Nc3ccc(Cl)cc3)NC2=O)c1. The predicted octanol–water partition coefficient (Wildman–Crippen LogP) is 4.25. The summed E-state index contributed by atoms with van der Waals surface area (Å²) >= 11 is 7.13. The molecule has 5 nitrogen and oxygen atoms in total. The minimum atomic E-state index is -0.206. The molecule has 0 aliphatic carbocycles. The molecule has 1 N–H and O–H groups in total. The highest BCUT2D eigenvalue weighted by Crippen LogP contribution is 2.32. The number of halogens is 1. The molecule has 25 heavy (non-hydrogen) atoms. The average molecular weight is 375 g/mol. The second-order valence-electron chi connectivity index (χ2n) is 5.07. The number of amidine groups is 1. The summed E-state index contributed by atoms with van der Waals surface area (Å²) in [5.74, 6) is 1.14. The lowest BCUT2D eigenvalue weighted by molar-refractivity contribution is -0.115. The molecule has 0 unspecified atom stereocenters. The van der Waals surface area contributed by atoms with Crippen LogP contribution in [0, 0.1) is 0 Å². The minimum absolute atomic E-state index is 0.206. The first kappa shape index (κ1) is 17.4. The molecule has 1 fully saturated rings. The Morgan fingerprint density at radius 3 is 2.56 bits per heavy atom. The fourth-order valence-corrected chi connectivity index (χ4v) is 3.17. The number of benzene rings is 2. The van der Waals surface area contributed by atoms with Gasteiger partial charge in [0.15, 0.2) is 5.17 Å². The number of nitrogens with one attached hydrogen (secondary N) is 1. The van der Waals surface area contributed by atoms with Crippen LogP contribution in [0.2, 0.25) is 5.02 Å². The third kappa shape index (κ3) is 4.15. The fourth-order valence-electron chi connectivity index (χ4n) is 2.21. The number of carbonyl (C=O) groups excluding carboxylic acids is 1. The number of hydrogen-bond acceptors (Lipinski definition) is 5. The number of amides is 1. The van der Waals surface area contributed by atoms with Gasteiger partial charge < -0.3 is 14.8 Å². The van der Waals surface area contributed by atoms with E-state index in [0.29, 0.717) is 32.3 Å². The van der Waals surface area contributed by atoms with Gasteiger partial charge in [-0.2, -0.15) is 0 Å². The number of hydrogen-bond donors (Lipinski definition) is 1. The summed E-state index contributed by atoms with van der Waals surface area (Å²) in [4.78, 5) is 17.2. The van der Waals surface area contributed by atoms with Crippen LogP contribution in [0.15, 0.2) is 52.4 Å². The molecule has 0 aromatic heterocycles. The highest BCUT2D eigenvalue weighted by atomic mass is 35.5. The van der Waals surface area contributed by atoms with Gasteiger partial charge >= 0.3 is 0 Å². The van der Waals surface area contributed by atoms with Crippen molar-refractivity contribution in [2.75, 3.05) is 14.2 Å². The molecular weight excluding hydrogens is 360 g/mol. The maximum Gasteiger partial charge on any atom is 0.264 e. The lowest BCUT2D eigenvalue weighted by Gasteiger charge is -2.07. The predicted molar refractivity (Wildman–Crippen MR) is 102 cm³/mol. The largest absolute Gasteiger partial charge is 0.497 e. The van der Waals surface area contributed by atoms with Gasteiger partial charge in [0.05, 0.1) is 24.8 Å². The van der Waals surface area contributed by atoms with Crippen molar-refractivity contribution in [3.63, 3.8) is 0 Å². The van der Waals surface area contributed by atoms with Crippen molar-refractivity contribution in [2.24, 2.45) is 4.99 Å². The quantitative estimate of drug-likeness (QED) is 0.813. The molecule has 0 spiro atoms. The Morgan fingerprint density at radius 2 is 1.88 bits per heavy atom. The van der Waals surface area contributed by atoms with E-state index in [1.807, 2.05) is 6.07 Å². The smallest absolute Gasteiger partial charge is 0.264 e. The molecule has 1 aliphatic heterocycles. The van der Waals surface area contributed by atoms with Crippen LogP contribution in [-0.4, -0.2) is 25.3 Å². The number of nitrogens with zero attached hydrogens (tertiary/aromatic N) is 1. The Balaban J connectivity index is 1.87. The molecule has 0 radical (unpaired) electrons. The van der Waals surface area contributed by atoms with Gasteiger partial charge in [0.25, 0.3) is 5.91 Å². The number of rotatable bonds is 4. The van der Waals surface area contributed by atoms with Gasteiger partial charge in [-0.1, -0.05) is 11.6 Å². The number of carbonyl (C=O) groups is 1. The van der Waals surface area contributed by atoms with Crippen LogP contribution in [0.5, 0.6) is 11.5 Å². The van der Waals surface area contributed by atoms with E-state index in [1.54, 1.807) is 56.7 Å². The first-order valence-electron chi connectivity index (χ1n) is 7.36. The van der Waals surface area contributed by atoms with Crippen LogP contribution < -0.4 is 14.8 Å². The zero-order valence-electron chi connectivity index (χ0n) is 13.6. The van der Waals surface area contributed by atoms with Crippen molar-refractivity contribution in [3.8, 4) is 11.5 Å². The van der Waals surface area contributed by atoms with Gasteiger partial charge in [-0.3, -0.25) is 4.79 Å². The first-order chi connectivity index (χ1) is 12.1. The molecule has 3 rings (SSSR count). The van der Waals surface area contributed by atoms with Gasteiger partial charge in [-0.15, -0.1) is 0 Å². The summed E-state index contributed by atoms with van der Waals surface area (Å²) in [6, 6.07) is 12.5. The van der Waals surface area contributed by atoms with Gasteiger partial charge in [0.2, 0.25) is 0 Å². The molecule has 1 aliphatic rings. The van der Waals surface area contributed by atoms with Crippen LogP contribution in [0.25, 0.3) is 6.08 Å². The van der Waals surface area contributed by atoms with E-state index in [2.05, 4.69) is 10.3 Å². The fraction of sp³-hybridized carbons (Fsp3) is 0.111. The summed E-state index contributed by atoms with van der Waals surface area (Å²) in [5, 5.41) is 3.91. The highest BCUT2D eigenvalue weighted by Gasteiger charge is 2.24. The number of ether oxygens (including phenoxy) is 2. The van der Waals surface area contributed by atoms with E-state index in [1.165, 1.54) is 11.8 Å². The van der Waals surface area contributed by atoms with Crippen LogP contribution in [-0.2, 0) is 4.79 Å². The molecule has 1 amide bonds. The normalized spacial score (nSPS) is 17.0. The zero-order valence-corrected chi connectivity index (χ0v) is 15.1. The second-order valence-corrected chi connectivity index (χ2v) is 6.53. The third-order valence-corrected chi connectivity index (χ3v) is 4.59. The monoisotopic (exact) mass is 374 g/mol. The Kier molecular flexibility index (Phi) is 5.31. The van der Waals surface area contributed by atoms with E-state index in [9.17, 15) is 4.79 Å². The summed E-state index contributed by atoms with van der Waals surface area (Å²) in [6.45, 7) is 0. The van der Waals surface area contributed by atoms with E-state index in [4.69, 9.17) is 21.1 Å². The first-order valence-corrected chi connectivity index (χ1v) is 8.55. The molecule has 0 saturated carbocycles. The Hall–Kier alpha value is -2.44.